The summed E-state index contributed by atoms with van der Waals surface area (Å²) in [5.41, 5.74) is 6.43. The molecule has 1 aliphatic rings. The molecule has 0 amide bonds. The average molecular weight is 294 g/mol. The van der Waals surface area contributed by atoms with Gasteiger partial charge >= 0.3 is 5.97 Å². The van der Waals surface area contributed by atoms with E-state index in [1.54, 1.807) is 12.1 Å². The first-order valence-corrected chi connectivity index (χ1v) is 6.56. The smallest absolute Gasteiger partial charge is 0.307 e. The summed E-state index contributed by atoms with van der Waals surface area (Å²) in [5.74, 6) is -2.74. The van der Waals surface area contributed by atoms with Gasteiger partial charge < -0.3 is 15.3 Å². The minimum absolute atomic E-state index is 0.190. The van der Waals surface area contributed by atoms with Crippen LogP contribution in [0.15, 0.2) is 28.9 Å². The van der Waals surface area contributed by atoms with Crippen LogP contribution in [0.2, 0.25) is 5.02 Å². The number of nitrogens with two attached hydrogens (primary N) is 1. The molecule has 20 heavy (non-hydrogen) atoms. The van der Waals surface area contributed by atoms with E-state index in [0.717, 1.165) is 5.39 Å². The highest BCUT2D eigenvalue weighted by Gasteiger charge is 2.58. The molecule has 1 heterocycles. The van der Waals surface area contributed by atoms with E-state index < -0.39 is 17.8 Å². The minimum atomic E-state index is -0.978. The van der Waals surface area contributed by atoms with E-state index in [1.807, 2.05) is 0 Å². The van der Waals surface area contributed by atoms with Crippen LogP contribution in [-0.2, 0) is 4.79 Å². The molecule has 1 aliphatic carbocycles. The third-order valence-corrected chi connectivity index (χ3v) is 4.10. The van der Waals surface area contributed by atoms with Crippen LogP contribution >= 0.6 is 11.6 Å². The molecule has 2 aromatic rings. The number of carboxylic acid groups (broad SMARTS) is 1. The number of carbonyl (C=O) groups excluding carboxylic acids is 1. The Kier molecular flexibility index (Phi) is 3.03. The maximum Gasteiger partial charge on any atom is 0.307 e. The molecule has 1 aromatic heterocycles. The first-order chi connectivity index (χ1) is 9.54. The molecule has 1 aromatic carbocycles. The molecule has 0 aliphatic heterocycles. The number of carbonyl (C=O) groups is 2. The van der Waals surface area contributed by atoms with Crippen molar-refractivity contribution in [2.75, 3.05) is 6.54 Å². The number of fused-ring (bicyclic) bond motifs is 1. The summed E-state index contributed by atoms with van der Waals surface area (Å²) in [4.78, 5) is 23.5. The summed E-state index contributed by atoms with van der Waals surface area (Å²) < 4.78 is 5.20. The normalized spacial score (nSPS) is 24.8. The van der Waals surface area contributed by atoms with Gasteiger partial charge in [0, 0.05) is 16.9 Å². The predicted molar refractivity (Wildman–Crippen MR) is 72.7 cm³/mol. The third-order valence-electron chi connectivity index (χ3n) is 3.82. The SMILES string of the molecule is NCC1[C@H](C(=O)O)[C@H]1C(=O)c1cc(Cl)c2occc2c1. The first kappa shape index (κ1) is 13.1. The van der Waals surface area contributed by atoms with Gasteiger partial charge in [0.15, 0.2) is 11.4 Å². The highest BCUT2D eigenvalue weighted by molar-refractivity contribution is 6.35. The first-order valence-electron chi connectivity index (χ1n) is 6.18. The topological polar surface area (TPSA) is 93.5 Å². The monoisotopic (exact) mass is 293 g/mol. The molecule has 104 valence electrons. The van der Waals surface area contributed by atoms with Gasteiger partial charge in [-0.3, -0.25) is 9.59 Å². The summed E-state index contributed by atoms with van der Waals surface area (Å²) in [6.07, 6.45) is 1.49. The van der Waals surface area contributed by atoms with E-state index in [2.05, 4.69) is 0 Å². The van der Waals surface area contributed by atoms with E-state index in [4.69, 9.17) is 26.9 Å². The second-order valence-corrected chi connectivity index (χ2v) is 5.36. The fourth-order valence-electron chi connectivity index (χ4n) is 2.73. The Morgan fingerprint density at radius 2 is 2.10 bits per heavy atom. The molecule has 3 rings (SSSR count). The summed E-state index contributed by atoms with van der Waals surface area (Å²) in [5, 5.41) is 10.1. The fraction of sp³-hybridized carbons (Fsp3) is 0.286. The van der Waals surface area contributed by atoms with Crippen LogP contribution in [0, 0.1) is 17.8 Å². The van der Waals surface area contributed by atoms with Crippen LogP contribution in [-0.4, -0.2) is 23.4 Å². The molecule has 3 atom stereocenters. The van der Waals surface area contributed by atoms with Gasteiger partial charge in [-0.2, -0.15) is 0 Å². The molecule has 5 nitrogen and oxygen atoms in total. The van der Waals surface area contributed by atoms with Crippen LogP contribution in [0.5, 0.6) is 0 Å². The van der Waals surface area contributed by atoms with Crippen molar-refractivity contribution in [1.82, 2.24) is 0 Å². The number of carboxylic acids is 1. The number of Topliss-reactive ketones (excluding diaryl/α,β-unsaturated/α-hetero) is 1. The molecule has 1 saturated carbocycles. The molecule has 3 N–H and O–H groups in total. The number of rotatable bonds is 4. The van der Waals surface area contributed by atoms with Gasteiger partial charge in [0.25, 0.3) is 0 Å². The lowest BCUT2D eigenvalue weighted by Gasteiger charge is -2.02. The van der Waals surface area contributed by atoms with E-state index in [1.165, 1.54) is 12.3 Å². The van der Waals surface area contributed by atoms with E-state index >= 15 is 0 Å². The van der Waals surface area contributed by atoms with E-state index in [0.29, 0.717) is 16.2 Å². The number of hydrogen-bond acceptors (Lipinski definition) is 4. The zero-order chi connectivity index (χ0) is 14.4. The second-order valence-electron chi connectivity index (χ2n) is 4.95. The highest BCUT2D eigenvalue weighted by atomic mass is 35.5. The van der Waals surface area contributed by atoms with Crippen LogP contribution in [0.25, 0.3) is 11.0 Å². The number of ketones is 1. The average Bonchev–Trinajstić information content (AvgIpc) is 2.97. The predicted octanol–water partition coefficient (Wildman–Crippen LogP) is 2.17. The molecule has 0 saturated heterocycles. The quantitative estimate of drug-likeness (QED) is 0.843. The van der Waals surface area contributed by atoms with E-state index in [-0.39, 0.29) is 18.2 Å². The molecule has 1 fully saturated rings. The molecule has 0 spiro atoms. The second kappa shape index (κ2) is 4.61. The molecule has 0 bridgehead atoms. The van der Waals surface area contributed by atoms with Gasteiger partial charge in [-0.1, -0.05) is 11.6 Å². The van der Waals surface area contributed by atoms with Crippen molar-refractivity contribution in [3.05, 3.63) is 35.0 Å². The summed E-state index contributed by atoms with van der Waals surface area (Å²) >= 11 is 6.05. The van der Waals surface area contributed by atoms with Gasteiger partial charge in [0.05, 0.1) is 17.2 Å². The molecule has 6 heteroatoms. The number of furan rings is 1. The lowest BCUT2D eigenvalue weighted by Crippen LogP contribution is -2.09. The van der Waals surface area contributed by atoms with Crippen LogP contribution in [0.3, 0.4) is 0 Å². The van der Waals surface area contributed by atoms with Crippen molar-refractivity contribution in [2.24, 2.45) is 23.5 Å². The minimum Gasteiger partial charge on any atom is -0.481 e. The van der Waals surface area contributed by atoms with Crippen molar-refractivity contribution >= 4 is 34.3 Å². The van der Waals surface area contributed by atoms with Crippen molar-refractivity contribution in [3.8, 4) is 0 Å². The summed E-state index contributed by atoms with van der Waals surface area (Å²) in [6, 6.07) is 4.89. The summed E-state index contributed by atoms with van der Waals surface area (Å²) in [6.45, 7) is 0.190. The molecular weight excluding hydrogens is 282 g/mol. The zero-order valence-electron chi connectivity index (χ0n) is 10.4. The zero-order valence-corrected chi connectivity index (χ0v) is 11.1. The molecular formula is C14H12ClNO4. The Bertz CT molecular complexity index is 708. The Hall–Kier alpha value is -1.85. The lowest BCUT2D eigenvalue weighted by atomic mass is 10.0. The Labute approximate surface area is 119 Å². The van der Waals surface area contributed by atoms with E-state index in [9.17, 15) is 9.59 Å². The number of halogens is 1. The molecule has 0 radical (unpaired) electrons. The van der Waals surface area contributed by atoms with Crippen molar-refractivity contribution in [2.45, 2.75) is 0 Å². The van der Waals surface area contributed by atoms with Gasteiger partial charge in [-0.05, 0) is 30.7 Å². The number of benzene rings is 1. The summed E-state index contributed by atoms with van der Waals surface area (Å²) in [7, 11) is 0. The number of aliphatic carboxylic acids is 1. The Morgan fingerprint density at radius 3 is 2.70 bits per heavy atom. The maximum absolute atomic E-state index is 12.4. The van der Waals surface area contributed by atoms with Gasteiger partial charge in [0.2, 0.25) is 0 Å². The standard InChI is InChI=1S/C14H12ClNO4/c15-9-4-7(3-6-1-2-20-13(6)9)12(17)10-8(5-16)11(10)14(18)19/h1-4,8,10-11H,5,16H2,(H,18,19)/t8?,10-,11-/m0/s1. The third kappa shape index (κ3) is 1.90. The largest absolute Gasteiger partial charge is 0.481 e. The Balaban J connectivity index is 1.95. The maximum atomic E-state index is 12.4. The lowest BCUT2D eigenvalue weighted by molar-refractivity contribution is -0.139. The molecule has 1 unspecified atom stereocenters. The van der Waals surface area contributed by atoms with Gasteiger partial charge in [-0.15, -0.1) is 0 Å². The highest BCUT2D eigenvalue weighted by Crippen LogP contribution is 2.48. The van der Waals surface area contributed by atoms with Crippen LogP contribution in [0.4, 0.5) is 0 Å². The fourth-order valence-corrected chi connectivity index (χ4v) is 3.01. The van der Waals surface area contributed by atoms with Crippen LogP contribution < -0.4 is 5.73 Å². The number of hydrogen-bond donors (Lipinski definition) is 2. The Morgan fingerprint density at radius 1 is 1.35 bits per heavy atom. The van der Waals surface area contributed by atoms with Crippen molar-refractivity contribution in [1.29, 1.82) is 0 Å². The van der Waals surface area contributed by atoms with Gasteiger partial charge in [-0.25, -0.2) is 0 Å². The van der Waals surface area contributed by atoms with Crippen LogP contribution in [0.1, 0.15) is 10.4 Å². The van der Waals surface area contributed by atoms with Crippen molar-refractivity contribution < 1.29 is 19.1 Å². The van der Waals surface area contributed by atoms with Gasteiger partial charge in [0.1, 0.15) is 0 Å². The van der Waals surface area contributed by atoms with Crippen molar-refractivity contribution in [3.63, 3.8) is 0 Å².